The van der Waals surface area contributed by atoms with Gasteiger partial charge in [-0.1, -0.05) is 16.8 Å². The summed E-state index contributed by atoms with van der Waals surface area (Å²) in [5.41, 5.74) is 1.39. The van der Waals surface area contributed by atoms with E-state index in [1.165, 1.54) is 22.9 Å². The highest BCUT2D eigenvalue weighted by molar-refractivity contribution is 6.30. The van der Waals surface area contributed by atoms with Gasteiger partial charge in [0.05, 0.1) is 16.4 Å². The summed E-state index contributed by atoms with van der Waals surface area (Å²) in [7, 11) is 3.52. The van der Waals surface area contributed by atoms with E-state index in [0.717, 1.165) is 0 Å². The first kappa shape index (κ1) is 19.3. The lowest BCUT2D eigenvalue weighted by atomic mass is 10.2. The zero-order chi connectivity index (χ0) is 16.3. The molecule has 0 saturated carbocycles. The fourth-order valence-corrected chi connectivity index (χ4v) is 2.13. The van der Waals surface area contributed by atoms with E-state index in [4.69, 9.17) is 11.6 Å². The van der Waals surface area contributed by atoms with Gasteiger partial charge in [0, 0.05) is 20.1 Å². The van der Waals surface area contributed by atoms with Gasteiger partial charge in [0.15, 0.2) is 5.69 Å². The fourth-order valence-electron chi connectivity index (χ4n) is 1.95. The summed E-state index contributed by atoms with van der Waals surface area (Å²) in [6, 6.07) is 4.22. The molecule has 0 aliphatic rings. The van der Waals surface area contributed by atoms with Gasteiger partial charge in [0.2, 0.25) is 0 Å². The Hall–Kier alpha value is -1.70. The molecule has 0 saturated heterocycles. The molecule has 0 unspecified atom stereocenters. The molecule has 0 spiro atoms. The van der Waals surface area contributed by atoms with Crippen molar-refractivity contribution in [2.45, 2.75) is 6.92 Å². The molecule has 2 aromatic rings. The van der Waals surface area contributed by atoms with Gasteiger partial charge >= 0.3 is 0 Å². The van der Waals surface area contributed by atoms with E-state index in [0.29, 0.717) is 24.5 Å². The van der Waals surface area contributed by atoms with Crippen molar-refractivity contribution in [3.05, 3.63) is 40.4 Å². The predicted octanol–water partition coefficient (Wildman–Crippen LogP) is 2.08. The van der Waals surface area contributed by atoms with Crippen LogP contribution in [0.25, 0.3) is 5.69 Å². The van der Waals surface area contributed by atoms with Crippen molar-refractivity contribution in [2.75, 3.05) is 27.2 Å². The van der Waals surface area contributed by atoms with Crippen molar-refractivity contribution in [2.24, 2.45) is 0 Å². The first-order chi connectivity index (χ1) is 10.5. The highest BCUT2D eigenvalue weighted by Gasteiger charge is 2.20. The Morgan fingerprint density at radius 2 is 2.17 bits per heavy atom. The van der Waals surface area contributed by atoms with Crippen LogP contribution in [0.3, 0.4) is 0 Å². The minimum atomic E-state index is -0.508. The van der Waals surface area contributed by atoms with Crippen LogP contribution in [0.15, 0.2) is 18.2 Å². The van der Waals surface area contributed by atoms with Gasteiger partial charge in [0.25, 0.3) is 5.91 Å². The minimum Gasteiger partial charge on any atom is -0.339 e. The molecule has 23 heavy (non-hydrogen) atoms. The van der Waals surface area contributed by atoms with Crippen molar-refractivity contribution < 1.29 is 9.18 Å². The molecule has 0 aliphatic heterocycles. The third-order valence-corrected chi connectivity index (χ3v) is 3.58. The summed E-state index contributed by atoms with van der Waals surface area (Å²) in [6.45, 7) is 2.98. The molecule has 9 heteroatoms. The molecule has 126 valence electrons. The Morgan fingerprint density at radius 3 is 2.78 bits per heavy atom. The second-order valence-electron chi connectivity index (χ2n) is 4.86. The Balaban J connectivity index is 0.00000264. The van der Waals surface area contributed by atoms with Crippen molar-refractivity contribution in [1.29, 1.82) is 0 Å². The van der Waals surface area contributed by atoms with E-state index in [1.807, 2.05) is 7.05 Å². The summed E-state index contributed by atoms with van der Waals surface area (Å²) >= 11 is 5.77. The van der Waals surface area contributed by atoms with Crippen molar-refractivity contribution >= 4 is 29.9 Å². The van der Waals surface area contributed by atoms with Crippen LogP contribution in [0.1, 0.15) is 16.2 Å². The number of carbonyl (C=O) groups excluding carboxylic acids is 1. The maximum atomic E-state index is 13.2. The summed E-state index contributed by atoms with van der Waals surface area (Å²) in [5.74, 6) is -0.724. The van der Waals surface area contributed by atoms with Crippen LogP contribution in [0.4, 0.5) is 4.39 Å². The number of halogens is 3. The molecule has 0 bridgehead atoms. The number of carbonyl (C=O) groups is 1. The maximum Gasteiger partial charge on any atom is 0.276 e. The van der Waals surface area contributed by atoms with Crippen LogP contribution < -0.4 is 5.32 Å². The number of amides is 1. The first-order valence-electron chi connectivity index (χ1n) is 6.73. The van der Waals surface area contributed by atoms with Gasteiger partial charge in [0.1, 0.15) is 5.82 Å². The number of aromatic nitrogens is 3. The normalized spacial score (nSPS) is 10.3. The monoisotopic (exact) mass is 361 g/mol. The van der Waals surface area contributed by atoms with Crippen LogP contribution in [-0.2, 0) is 0 Å². The van der Waals surface area contributed by atoms with Gasteiger partial charge in [-0.25, -0.2) is 9.07 Å². The third kappa shape index (κ3) is 4.19. The molecule has 1 heterocycles. The number of hydrogen-bond donors (Lipinski definition) is 1. The summed E-state index contributed by atoms with van der Waals surface area (Å²) in [4.78, 5) is 13.9. The average molecular weight is 362 g/mol. The van der Waals surface area contributed by atoms with E-state index in [-0.39, 0.29) is 29.0 Å². The van der Waals surface area contributed by atoms with Gasteiger partial charge in [-0.05, 0) is 32.2 Å². The number of rotatable bonds is 5. The highest BCUT2D eigenvalue weighted by Crippen LogP contribution is 2.20. The molecule has 0 fully saturated rings. The number of nitrogens with one attached hydrogen (secondary N) is 1. The highest BCUT2D eigenvalue weighted by atomic mass is 35.5. The lowest BCUT2D eigenvalue weighted by Gasteiger charge is -2.15. The number of nitrogens with zero attached hydrogens (tertiary/aromatic N) is 4. The predicted molar refractivity (Wildman–Crippen MR) is 89.2 cm³/mol. The Kier molecular flexibility index (Phi) is 6.93. The van der Waals surface area contributed by atoms with Crippen LogP contribution in [0.2, 0.25) is 5.02 Å². The Labute approximate surface area is 145 Å². The standard InChI is InChI=1S/C14H17ClFN5O.ClH/c1-9-13(14(22)20(3)7-6-17-2)18-19-21(9)10-4-5-12(16)11(15)8-10;/h4-5,8,17H,6-7H2,1-3H3;1H. The molecule has 1 aromatic carbocycles. The van der Waals surface area contributed by atoms with Gasteiger partial charge in [-0.15, -0.1) is 17.5 Å². The fraction of sp³-hybridized carbons (Fsp3) is 0.357. The van der Waals surface area contributed by atoms with Crippen molar-refractivity contribution in [1.82, 2.24) is 25.2 Å². The summed E-state index contributed by atoms with van der Waals surface area (Å²) in [5, 5.41) is 10.9. The summed E-state index contributed by atoms with van der Waals surface area (Å²) < 4.78 is 14.7. The Bertz CT molecular complexity index is 692. The van der Waals surface area contributed by atoms with Crippen LogP contribution >= 0.6 is 24.0 Å². The molecule has 1 aromatic heterocycles. The zero-order valence-corrected chi connectivity index (χ0v) is 14.6. The van der Waals surface area contributed by atoms with Crippen LogP contribution in [0.5, 0.6) is 0 Å². The smallest absolute Gasteiger partial charge is 0.276 e. The summed E-state index contributed by atoms with van der Waals surface area (Å²) in [6.07, 6.45) is 0. The SMILES string of the molecule is CNCCN(C)C(=O)c1nnn(-c2ccc(F)c(Cl)c2)c1C.Cl. The second kappa shape index (κ2) is 8.24. The van der Waals surface area contributed by atoms with Crippen molar-refractivity contribution in [3.8, 4) is 5.69 Å². The quantitative estimate of drug-likeness (QED) is 0.885. The lowest BCUT2D eigenvalue weighted by molar-refractivity contribution is 0.0790. The molecule has 2 rings (SSSR count). The van der Waals surface area contributed by atoms with Gasteiger partial charge < -0.3 is 10.2 Å². The van der Waals surface area contributed by atoms with Crippen molar-refractivity contribution in [3.63, 3.8) is 0 Å². The Morgan fingerprint density at radius 1 is 1.48 bits per heavy atom. The van der Waals surface area contributed by atoms with Gasteiger partial charge in [-0.3, -0.25) is 4.79 Å². The number of likely N-dealkylation sites (N-methyl/N-ethyl adjacent to an activating group) is 2. The number of hydrogen-bond acceptors (Lipinski definition) is 4. The van der Waals surface area contributed by atoms with E-state index in [1.54, 1.807) is 18.9 Å². The largest absolute Gasteiger partial charge is 0.339 e. The third-order valence-electron chi connectivity index (χ3n) is 3.29. The molecule has 1 N–H and O–H groups in total. The van der Waals surface area contributed by atoms with Crippen LogP contribution in [0, 0.1) is 12.7 Å². The van der Waals surface area contributed by atoms with Crippen LogP contribution in [-0.4, -0.2) is 53.0 Å². The number of benzene rings is 1. The molecular formula is C14H18Cl2FN5O. The van der Waals surface area contributed by atoms with E-state index < -0.39 is 5.82 Å². The van der Waals surface area contributed by atoms with E-state index >= 15 is 0 Å². The zero-order valence-electron chi connectivity index (χ0n) is 13.0. The maximum absolute atomic E-state index is 13.2. The molecule has 0 aliphatic carbocycles. The van der Waals surface area contributed by atoms with E-state index in [2.05, 4.69) is 15.6 Å². The molecule has 1 amide bonds. The lowest BCUT2D eigenvalue weighted by Crippen LogP contribution is -2.33. The first-order valence-corrected chi connectivity index (χ1v) is 7.11. The average Bonchev–Trinajstić information content (AvgIpc) is 2.88. The van der Waals surface area contributed by atoms with Gasteiger partial charge in [-0.2, -0.15) is 0 Å². The molecule has 0 radical (unpaired) electrons. The second-order valence-corrected chi connectivity index (χ2v) is 5.27. The van der Waals surface area contributed by atoms with E-state index in [9.17, 15) is 9.18 Å². The minimum absolute atomic E-state index is 0. The topological polar surface area (TPSA) is 63.1 Å². The molecular weight excluding hydrogens is 344 g/mol. The molecule has 6 nitrogen and oxygen atoms in total. The molecule has 0 atom stereocenters.